The molecule has 3 nitrogen and oxygen atoms in total. The van der Waals surface area contributed by atoms with Crippen LogP contribution in [-0.2, 0) is 13.0 Å². The summed E-state index contributed by atoms with van der Waals surface area (Å²) >= 11 is 5.90. The molecule has 0 aliphatic rings. The number of carbonyl (C=O) groups is 1. The molecule has 0 spiro atoms. The van der Waals surface area contributed by atoms with Gasteiger partial charge in [-0.1, -0.05) is 30.7 Å². The lowest BCUT2D eigenvalue weighted by Crippen LogP contribution is -2.13. The van der Waals surface area contributed by atoms with Crippen molar-refractivity contribution in [2.24, 2.45) is 0 Å². The van der Waals surface area contributed by atoms with Gasteiger partial charge in [-0.3, -0.25) is 9.48 Å². The molecule has 100 valence electrons. The minimum absolute atomic E-state index is 0.0238. The summed E-state index contributed by atoms with van der Waals surface area (Å²) in [5, 5.41) is 5.01. The number of Topliss-reactive ketones (excluding diaryl/α,β-unsaturated/α-hetero) is 1. The lowest BCUT2D eigenvalue weighted by atomic mass is 10.1. The second-order valence-corrected chi connectivity index (χ2v) is 5.03. The van der Waals surface area contributed by atoms with Crippen LogP contribution in [0.4, 0.5) is 0 Å². The van der Waals surface area contributed by atoms with Gasteiger partial charge in [-0.25, -0.2) is 0 Å². The van der Waals surface area contributed by atoms with Crippen LogP contribution in [-0.4, -0.2) is 15.6 Å². The number of hydrogen-bond acceptors (Lipinski definition) is 2. The van der Waals surface area contributed by atoms with Gasteiger partial charge in [0.1, 0.15) is 6.54 Å². The van der Waals surface area contributed by atoms with Crippen molar-refractivity contribution < 1.29 is 4.79 Å². The maximum atomic E-state index is 12.2. The lowest BCUT2D eigenvalue weighted by Gasteiger charge is -2.05. The van der Waals surface area contributed by atoms with Crippen molar-refractivity contribution in [3.05, 3.63) is 51.8 Å². The van der Waals surface area contributed by atoms with E-state index in [1.807, 2.05) is 13.8 Å². The fraction of sp³-hybridized carbons (Fsp3) is 0.333. The number of aromatic nitrogens is 2. The number of hydrogen-bond donors (Lipinski definition) is 0. The lowest BCUT2D eigenvalue weighted by molar-refractivity contribution is 0.0966. The smallest absolute Gasteiger partial charge is 0.184 e. The van der Waals surface area contributed by atoms with Gasteiger partial charge < -0.3 is 0 Å². The molecule has 0 aliphatic carbocycles. The highest BCUT2D eigenvalue weighted by atomic mass is 35.5. The fourth-order valence-electron chi connectivity index (χ4n) is 2.29. The summed E-state index contributed by atoms with van der Waals surface area (Å²) in [6.07, 6.45) is 0.934. The third kappa shape index (κ3) is 2.87. The Morgan fingerprint density at radius 3 is 2.68 bits per heavy atom. The van der Waals surface area contributed by atoms with Crippen molar-refractivity contribution >= 4 is 17.4 Å². The first-order chi connectivity index (χ1) is 9.02. The molecule has 0 atom stereocenters. The zero-order valence-corrected chi connectivity index (χ0v) is 12.2. The molecule has 0 aliphatic heterocycles. The van der Waals surface area contributed by atoms with Gasteiger partial charge in [0.2, 0.25) is 0 Å². The molecule has 1 aromatic carbocycles. The summed E-state index contributed by atoms with van der Waals surface area (Å²) in [5.74, 6) is 0.0238. The molecule has 1 aromatic heterocycles. The van der Waals surface area contributed by atoms with Gasteiger partial charge in [-0.05, 0) is 38.0 Å². The molecule has 0 unspecified atom stereocenters. The summed E-state index contributed by atoms with van der Waals surface area (Å²) < 4.78 is 1.78. The normalized spacial score (nSPS) is 10.7. The van der Waals surface area contributed by atoms with Crippen LogP contribution in [0.2, 0.25) is 5.02 Å². The van der Waals surface area contributed by atoms with E-state index in [4.69, 9.17) is 11.6 Å². The molecule has 0 N–H and O–H groups in total. The summed E-state index contributed by atoms with van der Waals surface area (Å²) in [6, 6.07) is 7.02. The second-order valence-electron chi connectivity index (χ2n) is 4.59. The summed E-state index contributed by atoms with van der Waals surface area (Å²) in [6.45, 7) is 6.34. The van der Waals surface area contributed by atoms with Gasteiger partial charge in [-0.2, -0.15) is 5.10 Å². The van der Waals surface area contributed by atoms with Gasteiger partial charge in [0, 0.05) is 16.3 Å². The van der Waals surface area contributed by atoms with E-state index in [0.29, 0.717) is 10.6 Å². The van der Waals surface area contributed by atoms with Crippen LogP contribution in [0.25, 0.3) is 0 Å². The standard InChI is InChI=1S/C15H17ClN2O/c1-4-14-10(2)17-18(11(14)3)9-15(19)12-6-5-7-13(16)8-12/h5-8H,4,9H2,1-3H3. The maximum absolute atomic E-state index is 12.2. The van der Waals surface area contributed by atoms with Crippen molar-refractivity contribution in [3.8, 4) is 0 Å². The Bertz CT molecular complexity index is 617. The van der Waals surface area contributed by atoms with E-state index in [-0.39, 0.29) is 12.3 Å². The molecule has 0 radical (unpaired) electrons. The molecule has 19 heavy (non-hydrogen) atoms. The molecule has 4 heteroatoms. The predicted molar refractivity (Wildman–Crippen MR) is 76.9 cm³/mol. The molecule has 2 aromatic rings. The Labute approximate surface area is 118 Å². The van der Waals surface area contributed by atoms with Crippen LogP contribution < -0.4 is 0 Å². The van der Waals surface area contributed by atoms with Crippen molar-refractivity contribution in [3.63, 3.8) is 0 Å². The molecule has 0 saturated carbocycles. The van der Waals surface area contributed by atoms with Crippen LogP contribution in [0.1, 0.15) is 34.2 Å². The topological polar surface area (TPSA) is 34.9 Å². The van der Waals surface area contributed by atoms with E-state index in [1.165, 1.54) is 5.56 Å². The Morgan fingerprint density at radius 1 is 1.37 bits per heavy atom. The van der Waals surface area contributed by atoms with Gasteiger partial charge in [0.25, 0.3) is 0 Å². The molecule has 0 fully saturated rings. The van der Waals surface area contributed by atoms with Crippen molar-refractivity contribution in [1.82, 2.24) is 9.78 Å². The first-order valence-corrected chi connectivity index (χ1v) is 6.72. The highest BCUT2D eigenvalue weighted by Gasteiger charge is 2.13. The Balaban J connectivity index is 2.24. The van der Waals surface area contributed by atoms with Crippen LogP contribution in [0.5, 0.6) is 0 Å². The van der Waals surface area contributed by atoms with E-state index in [9.17, 15) is 4.79 Å². The molecule has 1 heterocycles. The SMILES string of the molecule is CCc1c(C)nn(CC(=O)c2cccc(Cl)c2)c1C. The number of nitrogens with zero attached hydrogens (tertiary/aromatic N) is 2. The average molecular weight is 277 g/mol. The number of ketones is 1. The van der Waals surface area contributed by atoms with Crippen molar-refractivity contribution in [2.45, 2.75) is 33.7 Å². The zero-order chi connectivity index (χ0) is 14.0. The molecule has 0 saturated heterocycles. The monoisotopic (exact) mass is 276 g/mol. The zero-order valence-electron chi connectivity index (χ0n) is 11.4. The van der Waals surface area contributed by atoms with Crippen molar-refractivity contribution in [2.75, 3.05) is 0 Å². The third-order valence-electron chi connectivity index (χ3n) is 3.32. The summed E-state index contributed by atoms with van der Waals surface area (Å²) in [4.78, 5) is 12.2. The first-order valence-electron chi connectivity index (χ1n) is 6.34. The third-order valence-corrected chi connectivity index (χ3v) is 3.56. The summed E-state index contributed by atoms with van der Waals surface area (Å²) in [7, 11) is 0. The highest BCUT2D eigenvalue weighted by Crippen LogP contribution is 2.16. The van der Waals surface area contributed by atoms with Gasteiger partial charge in [0.05, 0.1) is 5.69 Å². The van der Waals surface area contributed by atoms with Crippen LogP contribution in [0.15, 0.2) is 24.3 Å². The van der Waals surface area contributed by atoms with Crippen molar-refractivity contribution in [1.29, 1.82) is 0 Å². The van der Waals surface area contributed by atoms with Crippen LogP contribution in [0, 0.1) is 13.8 Å². The van der Waals surface area contributed by atoms with Crippen LogP contribution >= 0.6 is 11.6 Å². The van der Waals surface area contributed by atoms with E-state index < -0.39 is 0 Å². The van der Waals surface area contributed by atoms with E-state index in [0.717, 1.165) is 17.8 Å². The van der Waals surface area contributed by atoms with E-state index >= 15 is 0 Å². The minimum atomic E-state index is 0.0238. The second kappa shape index (κ2) is 5.57. The molecular weight excluding hydrogens is 260 g/mol. The largest absolute Gasteiger partial charge is 0.292 e. The van der Waals surface area contributed by atoms with Gasteiger partial charge in [0.15, 0.2) is 5.78 Å². The van der Waals surface area contributed by atoms with Crippen LogP contribution in [0.3, 0.4) is 0 Å². The minimum Gasteiger partial charge on any atom is -0.292 e. The Kier molecular flexibility index (Phi) is 4.05. The van der Waals surface area contributed by atoms with E-state index in [1.54, 1.807) is 28.9 Å². The first kappa shape index (κ1) is 13.8. The molecular formula is C15H17ClN2O. The summed E-state index contributed by atoms with van der Waals surface area (Å²) in [5.41, 5.74) is 3.91. The molecule has 0 bridgehead atoms. The maximum Gasteiger partial charge on any atom is 0.184 e. The average Bonchev–Trinajstić information content (AvgIpc) is 2.64. The van der Waals surface area contributed by atoms with E-state index in [2.05, 4.69) is 12.0 Å². The fourth-order valence-corrected chi connectivity index (χ4v) is 2.48. The number of halogens is 1. The number of aryl methyl sites for hydroxylation is 1. The number of rotatable bonds is 4. The van der Waals surface area contributed by atoms with Gasteiger partial charge >= 0.3 is 0 Å². The Morgan fingerprint density at radius 2 is 2.11 bits per heavy atom. The predicted octanol–water partition coefficient (Wildman–Crippen LogP) is 3.60. The Hall–Kier alpha value is -1.61. The molecule has 0 amide bonds. The quantitative estimate of drug-likeness (QED) is 0.800. The number of carbonyl (C=O) groups excluding carboxylic acids is 1. The number of benzene rings is 1. The molecule has 2 rings (SSSR count). The highest BCUT2D eigenvalue weighted by molar-refractivity contribution is 6.31. The van der Waals surface area contributed by atoms with Gasteiger partial charge in [-0.15, -0.1) is 0 Å².